The fraction of sp³-hybridized carbons (Fsp3) is 0.0769. The zero-order valence-corrected chi connectivity index (χ0v) is 11.7. The summed E-state index contributed by atoms with van der Waals surface area (Å²) in [5.74, 6) is 0.102. The second kappa shape index (κ2) is 5.95. The largest absolute Gasteiger partial charge is 0.438 e. The summed E-state index contributed by atoms with van der Waals surface area (Å²) in [5, 5.41) is 0.332. The van der Waals surface area contributed by atoms with Gasteiger partial charge < -0.3 is 10.5 Å². The molecule has 0 aliphatic rings. The number of carbonyl (C=O) groups excluding carboxylic acids is 1. The van der Waals surface area contributed by atoms with E-state index in [9.17, 15) is 4.79 Å². The number of ether oxygens (including phenoxy) is 1. The molecule has 6 heteroatoms. The summed E-state index contributed by atoms with van der Waals surface area (Å²) in [7, 11) is 0. The zero-order chi connectivity index (χ0) is 13.8. The number of pyridine rings is 1. The first-order valence-corrected chi connectivity index (χ1v) is 6.97. The number of hydrogen-bond acceptors (Lipinski definition) is 4. The quantitative estimate of drug-likeness (QED) is 0.878. The van der Waals surface area contributed by atoms with Gasteiger partial charge in [0.2, 0.25) is 5.88 Å². The van der Waals surface area contributed by atoms with E-state index >= 15 is 0 Å². The molecule has 0 saturated heterocycles. The molecule has 0 aliphatic carbocycles. The number of halogens is 1. The molecule has 98 valence electrons. The van der Waals surface area contributed by atoms with Crippen molar-refractivity contribution in [2.75, 3.05) is 6.26 Å². The van der Waals surface area contributed by atoms with E-state index in [0.29, 0.717) is 10.8 Å². The Morgan fingerprint density at radius 3 is 2.89 bits per heavy atom. The van der Waals surface area contributed by atoms with Crippen LogP contribution < -0.4 is 10.5 Å². The number of carbonyl (C=O) groups is 1. The second-order valence-electron chi connectivity index (χ2n) is 3.65. The first kappa shape index (κ1) is 13.7. The van der Waals surface area contributed by atoms with Crippen LogP contribution in [0.4, 0.5) is 0 Å². The van der Waals surface area contributed by atoms with Gasteiger partial charge in [0.25, 0.3) is 5.91 Å². The van der Waals surface area contributed by atoms with Crippen LogP contribution in [0, 0.1) is 0 Å². The summed E-state index contributed by atoms with van der Waals surface area (Å²) >= 11 is 7.38. The lowest BCUT2D eigenvalue weighted by Crippen LogP contribution is -2.13. The van der Waals surface area contributed by atoms with Crippen LogP contribution in [0.15, 0.2) is 41.4 Å². The molecule has 0 radical (unpaired) electrons. The second-order valence-corrected chi connectivity index (χ2v) is 4.97. The van der Waals surface area contributed by atoms with E-state index in [1.807, 2.05) is 24.5 Å². The fourth-order valence-electron chi connectivity index (χ4n) is 1.46. The van der Waals surface area contributed by atoms with Gasteiger partial charge in [0.15, 0.2) is 0 Å². The molecule has 4 nitrogen and oxygen atoms in total. The van der Waals surface area contributed by atoms with E-state index in [1.54, 1.807) is 17.8 Å². The Kier molecular flexibility index (Phi) is 4.29. The average molecular weight is 295 g/mol. The molecule has 2 aromatic rings. The number of nitrogens with zero attached hydrogens (tertiary/aromatic N) is 1. The van der Waals surface area contributed by atoms with Gasteiger partial charge in [0.1, 0.15) is 11.3 Å². The van der Waals surface area contributed by atoms with Gasteiger partial charge in [-0.05, 0) is 30.5 Å². The highest BCUT2D eigenvalue weighted by Gasteiger charge is 2.13. The van der Waals surface area contributed by atoms with Crippen LogP contribution in [0.2, 0.25) is 5.02 Å². The minimum atomic E-state index is -0.633. The maximum Gasteiger partial charge on any atom is 0.254 e. The van der Waals surface area contributed by atoms with Crippen LogP contribution in [-0.2, 0) is 0 Å². The van der Waals surface area contributed by atoms with Crippen LogP contribution in [0.1, 0.15) is 10.4 Å². The van der Waals surface area contributed by atoms with Gasteiger partial charge in [-0.3, -0.25) is 4.79 Å². The molecule has 2 N–H and O–H groups in total. The third kappa shape index (κ3) is 3.39. The lowest BCUT2D eigenvalue weighted by Gasteiger charge is -2.09. The predicted molar refractivity (Wildman–Crippen MR) is 76.1 cm³/mol. The lowest BCUT2D eigenvalue weighted by atomic mass is 10.2. The Labute approximate surface area is 119 Å². The molecule has 0 unspecified atom stereocenters. The summed E-state index contributed by atoms with van der Waals surface area (Å²) < 4.78 is 5.58. The summed E-state index contributed by atoms with van der Waals surface area (Å²) in [6.45, 7) is 0. The molecule has 19 heavy (non-hydrogen) atoms. The van der Waals surface area contributed by atoms with Gasteiger partial charge in [-0.2, -0.15) is 0 Å². The highest BCUT2D eigenvalue weighted by Crippen LogP contribution is 2.27. The van der Waals surface area contributed by atoms with Crippen molar-refractivity contribution in [3.05, 3.63) is 47.1 Å². The van der Waals surface area contributed by atoms with Crippen molar-refractivity contribution in [3.63, 3.8) is 0 Å². The first-order chi connectivity index (χ1) is 9.10. The fourth-order valence-corrected chi connectivity index (χ4v) is 2.07. The number of primary amides is 1. The van der Waals surface area contributed by atoms with Gasteiger partial charge in [-0.15, -0.1) is 11.8 Å². The Morgan fingerprint density at radius 2 is 2.21 bits per heavy atom. The van der Waals surface area contributed by atoms with E-state index in [0.717, 1.165) is 4.90 Å². The maximum atomic E-state index is 11.3. The van der Waals surface area contributed by atoms with E-state index in [1.165, 1.54) is 12.3 Å². The SMILES string of the molecule is CSc1cccc(Oc2ncc(Cl)cc2C(N)=O)c1. The monoisotopic (exact) mass is 294 g/mol. The number of thioether (sulfide) groups is 1. The number of hydrogen-bond donors (Lipinski definition) is 1. The Balaban J connectivity index is 2.34. The number of nitrogens with two attached hydrogens (primary N) is 1. The molecule has 1 aromatic heterocycles. The van der Waals surface area contributed by atoms with E-state index < -0.39 is 5.91 Å². The Morgan fingerprint density at radius 1 is 1.42 bits per heavy atom. The van der Waals surface area contributed by atoms with Crippen LogP contribution in [-0.4, -0.2) is 17.1 Å². The van der Waals surface area contributed by atoms with Gasteiger partial charge in [-0.25, -0.2) is 4.98 Å². The molecule has 0 aliphatic heterocycles. The van der Waals surface area contributed by atoms with E-state index in [4.69, 9.17) is 22.1 Å². The van der Waals surface area contributed by atoms with Crippen LogP contribution in [0.25, 0.3) is 0 Å². The number of benzene rings is 1. The molecular weight excluding hydrogens is 284 g/mol. The van der Waals surface area contributed by atoms with Crippen molar-refractivity contribution < 1.29 is 9.53 Å². The highest BCUT2D eigenvalue weighted by molar-refractivity contribution is 7.98. The molecule has 0 saturated carbocycles. The maximum absolute atomic E-state index is 11.3. The smallest absolute Gasteiger partial charge is 0.254 e. The number of aromatic nitrogens is 1. The van der Waals surface area contributed by atoms with Gasteiger partial charge in [0, 0.05) is 11.1 Å². The first-order valence-electron chi connectivity index (χ1n) is 5.37. The highest BCUT2D eigenvalue weighted by atomic mass is 35.5. The lowest BCUT2D eigenvalue weighted by molar-refractivity contribution is 0.0997. The zero-order valence-electron chi connectivity index (χ0n) is 10.1. The number of amides is 1. The van der Waals surface area contributed by atoms with Crippen molar-refractivity contribution in [2.45, 2.75) is 4.90 Å². The average Bonchev–Trinajstić information content (AvgIpc) is 2.41. The molecule has 2 rings (SSSR count). The molecule has 1 amide bonds. The normalized spacial score (nSPS) is 10.2. The summed E-state index contributed by atoms with van der Waals surface area (Å²) in [6, 6.07) is 8.89. The Bertz CT molecular complexity index is 619. The van der Waals surface area contributed by atoms with E-state index in [2.05, 4.69) is 4.98 Å². The minimum Gasteiger partial charge on any atom is -0.438 e. The molecule has 0 atom stereocenters. The summed E-state index contributed by atoms with van der Waals surface area (Å²) in [4.78, 5) is 16.4. The van der Waals surface area contributed by atoms with Crippen molar-refractivity contribution in [2.24, 2.45) is 5.73 Å². The van der Waals surface area contributed by atoms with Crippen molar-refractivity contribution in [1.29, 1.82) is 0 Å². The molecule has 0 fully saturated rings. The minimum absolute atomic E-state index is 0.148. The molecular formula is C13H11ClN2O2S. The third-order valence-corrected chi connectivity index (χ3v) is 3.27. The van der Waals surface area contributed by atoms with Crippen molar-refractivity contribution in [3.8, 4) is 11.6 Å². The Hall–Kier alpha value is -1.72. The molecule has 1 heterocycles. The topological polar surface area (TPSA) is 65.2 Å². The van der Waals surface area contributed by atoms with Crippen molar-refractivity contribution >= 4 is 29.3 Å². The van der Waals surface area contributed by atoms with Crippen molar-refractivity contribution in [1.82, 2.24) is 4.98 Å². The van der Waals surface area contributed by atoms with Crippen LogP contribution >= 0.6 is 23.4 Å². The third-order valence-electron chi connectivity index (χ3n) is 2.34. The van der Waals surface area contributed by atoms with Crippen LogP contribution in [0.3, 0.4) is 0 Å². The van der Waals surface area contributed by atoms with Gasteiger partial charge in [-0.1, -0.05) is 17.7 Å². The molecule has 0 spiro atoms. The summed E-state index contributed by atoms with van der Waals surface area (Å²) in [5.41, 5.74) is 5.43. The van der Waals surface area contributed by atoms with Crippen LogP contribution in [0.5, 0.6) is 11.6 Å². The molecule has 1 aromatic carbocycles. The predicted octanol–water partition coefficient (Wildman–Crippen LogP) is 3.35. The van der Waals surface area contributed by atoms with E-state index in [-0.39, 0.29) is 11.4 Å². The van der Waals surface area contributed by atoms with Gasteiger partial charge in [0.05, 0.1) is 5.02 Å². The van der Waals surface area contributed by atoms with Gasteiger partial charge >= 0.3 is 0 Å². The standard InChI is InChI=1S/C13H11ClN2O2S/c1-19-10-4-2-3-9(6-10)18-13-11(12(15)17)5-8(14)7-16-13/h2-7H,1H3,(H2,15,17). The molecule has 0 bridgehead atoms. The summed E-state index contributed by atoms with van der Waals surface area (Å²) in [6.07, 6.45) is 3.37. The number of rotatable bonds is 4.